The average Bonchev–Trinajstić information content (AvgIpc) is 2.93. The molecular formula is C30H22Cl2N2O4S. The third kappa shape index (κ3) is 7.45. The topological polar surface area (TPSA) is 92.3 Å². The van der Waals surface area contributed by atoms with E-state index in [9.17, 15) is 18.0 Å². The number of hydrogen-bond acceptors (Lipinski definition) is 4. The maximum Gasteiger partial charge on any atom is 0.248 e. The van der Waals surface area contributed by atoms with Crippen molar-refractivity contribution in [2.24, 2.45) is 0 Å². The summed E-state index contributed by atoms with van der Waals surface area (Å²) in [6.45, 7) is 0. The molecule has 6 nitrogen and oxygen atoms in total. The molecule has 2 N–H and O–H groups in total. The molecule has 0 fully saturated rings. The van der Waals surface area contributed by atoms with Crippen LogP contribution in [-0.2, 0) is 19.4 Å². The Balaban J connectivity index is 1.37. The van der Waals surface area contributed by atoms with Crippen molar-refractivity contribution in [2.75, 3.05) is 10.6 Å². The van der Waals surface area contributed by atoms with Crippen LogP contribution in [0, 0.1) is 0 Å². The first-order valence-electron chi connectivity index (χ1n) is 11.6. The molecule has 0 aromatic heterocycles. The van der Waals surface area contributed by atoms with E-state index in [0.717, 1.165) is 0 Å². The molecule has 2 amide bonds. The van der Waals surface area contributed by atoms with Crippen LogP contribution in [0.15, 0.2) is 119 Å². The summed E-state index contributed by atoms with van der Waals surface area (Å²) in [5, 5.41) is 6.42. The molecule has 196 valence electrons. The van der Waals surface area contributed by atoms with Crippen LogP contribution in [0.3, 0.4) is 0 Å². The Morgan fingerprint density at radius 2 is 0.923 bits per heavy atom. The van der Waals surface area contributed by atoms with Gasteiger partial charge in [-0.15, -0.1) is 0 Å². The van der Waals surface area contributed by atoms with Crippen LogP contribution in [0.5, 0.6) is 0 Å². The van der Waals surface area contributed by atoms with E-state index in [1.165, 1.54) is 60.7 Å². The predicted molar refractivity (Wildman–Crippen MR) is 157 cm³/mol. The van der Waals surface area contributed by atoms with Gasteiger partial charge in [0.2, 0.25) is 21.7 Å². The summed E-state index contributed by atoms with van der Waals surface area (Å²) in [7, 11) is -3.81. The van der Waals surface area contributed by atoms with Gasteiger partial charge < -0.3 is 10.6 Å². The molecule has 0 saturated heterocycles. The van der Waals surface area contributed by atoms with Gasteiger partial charge in [0.05, 0.1) is 9.79 Å². The number of anilines is 2. The molecule has 4 aromatic rings. The predicted octanol–water partition coefficient (Wildman–Crippen LogP) is 7.13. The first-order chi connectivity index (χ1) is 18.7. The number of amides is 2. The molecule has 0 bridgehead atoms. The third-order valence-electron chi connectivity index (χ3n) is 5.50. The maximum absolute atomic E-state index is 13.1. The molecule has 0 atom stereocenters. The van der Waals surface area contributed by atoms with E-state index in [4.69, 9.17) is 23.2 Å². The normalized spacial score (nSPS) is 11.5. The monoisotopic (exact) mass is 576 g/mol. The molecule has 0 saturated carbocycles. The van der Waals surface area contributed by atoms with Gasteiger partial charge in [0.25, 0.3) is 0 Å². The lowest BCUT2D eigenvalue weighted by atomic mass is 10.2. The number of hydrogen-bond donors (Lipinski definition) is 2. The minimum absolute atomic E-state index is 0.0616. The highest BCUT2D eigenvalue weighted by Gasteiger charge is 2.17. The van der Waals surface area contributed by atoms with E-state index in [1.54, 1.807) is 48.6 Å². The highest BCUT2D eigenvalue weighted by molar-refractivity contribution is 7.91. The Hall–Kier alpha value is -4.17. The molecule has 0 spiro atoms. The molecule has 9 heteroatoms. The lowest BCUT2D eigenvalue weighted by Crippen LogP contribution is -2.09. The second-order valence-corrected chi connectivity index (χ2v) is 11.0. The number of sulfone groups is 1. The summed E-state index contributed by atoms with van der Waals surface area (Å²) < 4.78 is 26.1. The van der Waals surface area contributed by atoms with Crippen LogP contribution >= 0.6 is 23.2 Å². The fourth-order valence-electron chi connectivity index (χ4n) is 3.49. The summed E-state index contributed by atoms with van der Waals surface area (Å²) >= 11 is 12.2. The lowest BCUT2D eigenvalue weighted by Gasteiger charge is -2.08. The molecule has 4 rings (SSSR count). The summed E-state index contributed by atoms with van der Waals surface area (Å²) in [5.74, 6) is -0.769. The average molecular weight is 577 g/mol. The first kappa shape index (κ1) is 27.9. The fourth-order valence-corrected chi connectivity index (χ4v) is 5.15. The number of rotatable bonds is 8. The Labute approximate surface area is 236 Å². The van der Waals surface area contributed by atoms with Crippen molar-refractivity contribution in [1.29, 1.82) is 0 Å². The highest BCUT2D eigenvalue weighted by Crippen LogP contribution is 2.24. The summed E-state index contributed by atoms with van der Waals surface area (Å²) in [6.07, 6.45) is 5.88. The number of carbonyl (C=O) groups excluding carboxylic acids is 2. The molecular weight excluding hydrogens is 555 g/mol. The van der Waals surface area contributed by atoms with Crippen LogP contribution in [0.1, 0.15) is 11.1 Å². The van der Waals surface area contributed by atoms with Crippen LogP contribution < -0.4 is 10.6 Å². The van der Waals surface area contributed by atoms with E-state index >= 15 is 0 Å². The zero-order valence-electron chi connectivity index (χ0n) is 20.3. The Bertz CT molecular complexity index is 1550. The van der Waals surface area contributed by atoms with Gasteiger partial charge in [-0.05, 0) is 83.9 Å². The van der Waals surface area contributed by atoms with Gasteiger partial charge in [-0.25, -0.2) is 8.42 Å². The SMILES string of the molecule is O=C(/C=C/c1ccccc1Cl)Nc1ccc(S(=O)(=O)c2ccc(NC(=O)/C=C/c3ccccc3Cl)cc2)cc1. The van der Waals surface area contributed by atoms with Gasteiger partial charge in [-0.3, -0.25) is 9.59 Å². The standard InChI is InChI=1S/C30H22Cl2N2O4S/c31-27-7-3-1-5-21(27)9-19-29(35)33-23-11-15-25(16-12-23)39(37,38)26-17-13-24(14-18-26)34-30(36)20-10-22-6-2-4-8-28(22)32/h1-20H,(H,33,35)(H,34,36)/b19-9+,20-10+. The molecule has 4 aromatic carbocycles. The first-order valence-corrected chi connectivity index (χ1v) is 13.9. The van der Waals surface area contributed by atoms with Crippen molar-refractivity contribution in [3.05, 3.63) is 130 Å². The second kappa shape index (κ2) is 12.6. The highest BCUT2D eigenvalue weighted by atomic mass is 35.5. The summed E-state index contributed by atoms with van der Waals surface area (Å²) in [6, 6.07) is 25.9. The quantitative estimate of drug-likeness (QED) is 0.218. The Morgan fingerprint density at radius 3 is 1.28 bits per heavy atom. The number of benzene rings is 4. The van der Waals surface area contributed by atoms with Crippen molar-refractivity contribution < 1.29 is 18.0 Å². The van der Waals surface area contributed by atoms with Crippen molar-refractivity contribution in [3.8, 4) is 0 Å². The van der Waals surface area contributed by atoms with Gasteiger partial charge in [-0.1, -0.05) is 59.6 Å². The van der Waals surface area contributed by atoms with Gasteiger partial charge in [0, 0.05) is 33.6 Å². The summed E-state index contributed by atoms with van der Waals surface area (Å²) in [5.41, 5.74) is 2.28. The smallest absolute Gasteiger partial charge is 0.248 e. The van der Waals surface area contributed by atoms with E-state index in [-0.39, 0.29) is 21.6 Å². The lowest BCUT2D eigenvalue weighted by molar-refractivity contribution is -0.112. The minimum atomic E-state index is -3.81. The van der Waals surface area contributed by atoms with Crippen molar-refractivity contribution in [3.63, 3.8) is 0 Å². The Morgan fingerprint density at radius 1 is 0.564 bits per heavy atom. The summed E-state index contributed by atoms with van der Waals surface area (Å²) in [4.78, 5) is 24.6. The number of nitrogens with one attached hydrogen (secondary N) is 2. The van der Waals surface area contributed by atoms with Crippen LogP contribution in [0.25, 0.3) is 12.2 Å². The van der Waals surface area contributed by atoms with Gasteiger partial charge >= 0.3 is 0 Å². The van der Waals surface area contributed by atoms with Crippen molar-refractivity contribution in [2.45, 2.75) is 9.79 Å². The maximum atomic E-state index is 13.1. The van der Waals surface area contributed by atoms with Crippen molar-refractivity contribution in [1.82, 2.24) is 0 Å². The zero-order chi connectivity index (χ0) is 27.8. The molecule has 0 unspecified atom stereocenters. The molecule has 0 aliphatic heterocycles. The second-order valence-electron chi connectivity index (χ2n) is 8.24. The van der Waals surface area contributed by atoms with Crippen LogP contribution in [0.2, 0.25) is 10.0 Å². The van der Waals surface area contributed by atoms with Gasteiger partial charge in [0.1, 0.15) is 0 Å². The van der Waals surface area contributed by atoms with Gasteiger partial charge in [0.15, 0.2) is 0 Å². The van der Waals surface area contributed by atoms with E-state index in [0.29, 0.717) is 32.5 Å². The molecule has 0 aliphatic carbocycles. The van der Waals surface area contributed by atoms with E-state index in [1.807, 2.05) is 12.1 Å². The zero-order valence-corrected chi connectivity index (χ0v) is 22.7. The van der Waals surface area contributed by atoms with Crippen LogP contribution in [-0.4, -0.2) is 20.2 Å². The number of halogens is 2. The minimum Gasteiger partial charge on any atom is -0.323 e. The Kier molecular flexibility index (Phi) is 8.99. The number of carbonyl (C=O) groups is 2. The largest absolute Gasteiger partial charge is 0.323 e. The van der Waals surface area contributed by atoms with E-state index < -0.39 is 9.84 Å². The molecule has 0 heterocycles. The molecule has 39 heavy (non-hydrogen) atoms. The molecule has 0 radical (unpaired) electrons. The van der Waals surface area contributed by atoms with Crippen LogP contribution in [0.4, 0.5) is 11.4 Å². The van der Waals surface area contributed by atoms with Gasteiger partial charge in [-0.2, -0.15) is 0 Å². The fraction of sp³-hybridized carbons (Fsp3) is 0. The van der Waals surface area contributed by atoms with Crippen molar-refractivity contribution >= 4 is 68.4 Å². The molecule has 0 aliphatic rings. The van der Waals surface area contributed by atoms with E-state index in [2.05, 4.69) is 10.6 Å². The third-order valence-corrected chi connectivity index (χ3v) is 7.98.